The zero-order valence-electron chi connectivity index (χ0n) is 12.0. The van der Waals surface area contributed by atoms with Gasteiger partial charge >= 0.3 is 0 Å². The summed E-state index contributed by atoms with van der Waals surface area (Å²) in [5.41, 5.74) is 5.11. The molecule has 1 aromatic carbocycles. The van der Waals surface area contributed by atoms with Crippen molar-refractivity contribution >= 4 is 42.9 Å². The van der Waals surface area contributed by atoms with Crippen LogP contribution in [0.2, 0.25) is 0 Å². The molecule has 2 aromatic rings. The van der Waals surface area contributed by atoms with E-state index >= 15 is 0 Å². The molecule has 0 aliphatic carbocycles. The number of benzene rings is 1. The molecule has 0 amide bonds. The van der Waals surface area contributed by atoms with E-state index in [-0.39, 0.29) is 0 Å². The number of rotatable bonds is 1. The van der Waals surface area contributed by atoms with Gasteiger partial charge < -0.3 is 15.2 Å². The van der Waals surface area contributed by atoms with E-state index in [2.05, 4.69) is 54.0 Å². The smallest absolute Gasteiger partial charge is 0.128 e. The Bertz CT molecular complexity index is 717. The fourth-order valence-electron chi connectivity index (χ4n) is 3.51. The molecule has 112 valence electrons. The van der Waals surface area contributed by atoms with Gasteiger partial charge in [-0.1, -0.05) is 0 Å². The van der Waals surface area contributed by atoms with Crippen LogP contribution in [0.5, 0.6) is 0 Å². The van der Waals surface area contributed by atoms with Crippen LogP contribution in [0.4, 0.5) is 0 Å². The molecule has 1 saturated heterocycles. The molecule has 0 saturated carbocycles. The number of nitrogens with one attached hydrogen (secondary N) is 2. The van der Waals surface area contributed by atoms with E-state index in [0.717, 1.165) is 42.6 Å². The van der Waals surface area contributed by atoms with Gasteiger partial charge in [-0.3, -0.25) is 0 Å². The van der Waals surface area contributed by atoms with Crippen LogP contribution in [0.25, 0.3) is 11.0 Å². The van der Waals surface area contributed by atoms with Gasteiger partial charge in [0, 0.05) is 35.1 Å². The summed E-state index contributed by atoms with van der Waals surface area (Å²) >= 11 is 7.49. The predicted molar refractivity (Wildman–Crippen MR) is 91.8 cm³/mol. The van der Waals surface area contributed by atoms with Gasteiger partial charge in [0.2, 0.25) is 0 Å². The Kier molecular flexibility index (Phi) is 3.60. The second-order valence-electron chi connectivity index (χ2n) is 5.86. The first-order valence-corrected chi connectivity index (χ1v) is 9.07. The summed E-state index contributed by atoms with van der Waals surface area (Å²) in [6.45, 7) is 6.23. The molecule has 6 heteroatoms. The minimum Gasteiger partial charge on any atom is -0.326 e. The van der Waals surface area contributed by atoms with Crippen LogP contribution < -0.4 is 10.6 Å². The van der Waals surface area contributed by atoms with Gasteiger partial charge in [0.25, 0.3) is 0 Å². The van der Waals surface area contributed by atoms with Crippen molar-refractivity contribution in [1.29, 1.82) is 0 Å². The lowest BCUT2D eigenvalue weighted by molar-refractivity contribution is 0.401. The van der Waals surface area contributed by atoms with Gasteiger partial charge in [0.15, 0.2) is 0 Å². The zero-order valence-corrected chi connectivity index (χ0v) is 15.1. The minimum absolute atomic E-state index is 0.314. The highest BCUT2D eigenvalue weighted by Crippen LogP contribution is 2.40. The van der Waals surface area contributed by atoms with E-state index in [9.17, 15) is 0 Å². The molecule has 4 rings (SSSR count). The number of aromatic nitrogens is 2. The third-order valence-corrected chi connectivity index (χ3v) is 6.98. The molecule has 2 aliphatic heterocycles. The van der Waals surface area contributed by atoms with E-state index in [1.165, 1.54) is 33.4 Å². The molecule has 2 aliphatic rings. The van der Waals surface area contributed by atoms with Crippen LogP contribution in [0.1, 0.15) is 29.4 Å². The largest absolute Gasteiger partial charge is 0.326 e. The third kappa shape index (κ3) is 2.11. The monoisotopic (exact) mass is 412 g/mol. The number of hydrogen-bond acceptors (Lipinski definition) is 3. The molecule has 3 heterocycles. The first-order chi connectivity index (χ1) is 10.2. The molecule has 21 heavy (non-hydrogen) atoms. The molecular formula is C15H18Br2N4. The number of hydrogen-bond donors (Lipinski definition) is 2. The third-order valence-electron chi connectivity index (χ3n) is 4.59. The fourth-order valence-corrected chi connectivity index (χ4v) is 4.62. The standard InChI is InChI=1S/C15H18Br2N4/c1-8-11(16)12(17)9-3-2-6-21-14(9)13(8)20-15(21)10-7-18-4-5-19-10/h10,18-19H,2-7H2,1H3. The maximum Gasteiger partial charge on any atom is 0.128 e. The van der Waals surface area contributed by atoms with Crippen molar-refractivity contribution in [3.8, 4) is 0 Å². The normalized spacial score (nSPS) is 22.0. The first-order valence-electron chi connectivity index (χ1n) is 7.49. The van der Waals surface area contributed by atoms with Gasteiger partial charge in [-0.05, 0) is 62.8 Å². The average molecular weight is 414 g/mol. The van der Waals surface area contributed by atoms with Crippen LogP contribution in [0.3, 0.4) is 0 Å². The lowest BCUT2D eigenvalue weighted by atomic mass is 10.0. The van der Waals surface area contributed by atoms with Gasteiger partial charge in [0.1, 0.15) is 5.82 Å². The summed E-state index contributed by atoms with van der Waals surface area (Å²) in [5.74, 6) is 1.19. The highest BCUT2D eigenvalue weighted by atomic mass is 79.9. The van der Waals surface area contributed by atoms with E-state index in [0.29, 0.717) is 6.04 Å². The summed E-state index contributed by atoms with van der Waals surface area (Å²) in [6, 6.07) is 0.314. The Labute approximate surface area is 140 Å². The van der Waals surface area contributed by atoms with E-state index < -0.39 is 0 Å². The van der Waals surface area contributed by atoms with Crippen molar-refractivity contribution in [2.24, 2.45) is 0 Å². The van der Waals surface area contributed by atoms with E-state index in [1.807, 2.05) is 0 Å². The second kappa shape index (κ2) is 5.33. The molecule has 2 N–H and O–H groups in total. The van der Waals surface area contributed by atoms with Crippen LogP contribution >= 0.6 is 31.9 Å². The number of piperazine rings is 1. The van der Waals surface area contributed by atoms with Gasteiger partial charge in [-0.25, -0.2) is 4.98 Å². The lowest BCUT2D eigenvalue weighted by Gasteiger charge is -2.26. The lowest BCUT2D eigenvalue weighted by Crippen LogP contribution is -2.43. The Morgan fingerprint density at radius 3 is 2.86 bits per heavy atom. The Morgan fingerprint density at radius 2 is 2.10 bits per heavy atom. The molecule has 1 atom stereocenters. The summed E-state index contributed by atoms with van der Waals surface area (Å²) < 4.78 is 4.79. The molecule has 0 spiro atoms. The van der Waals surface area contributed by atoms with Crippen molar-refractivity contribution in [3.63, 3.8) is 0 Å². The molecule has 1 unspecified atom stereocenters. The van der Waals surface area contributed by atoms with Crippen molar-refractivity contribution in [2.75, 3.05) is 19.6 Å². The summed E-state index contributed by atoms with van der Waals surface area (Å²) in [6.07, 6.45) is 2.30. The predicted octanol–water partition coefficient (Wildman–Crippen LogP) is 3.05. The van der Waals surface area contributed by atoms with Crippen molar-refractivity contribution in [3.05, 3.63) is 25.9 Å². The Morgan fingerprint density at radius 1 is 1.24 bits per heavy atom. The highest BCUT2D eigenvalue weighted by Gasteiger charge is 2.28. The van der Waals surface area contributed by atoms with Crippen LogP contribution in [-0.4, -0.2) is 29.2 Å². The van der Waals surface area contributed by atoms with Gasteiger partial charge in [-0.2, -0.15) is 0 Å². The molecular weight excluding hydrogens is 396 g/mol. The summed E-state index contributed by atoms with van der Waals surface area (Å²) in [7, 11) is 0. The second-order valence-corrected chi connectivity index (χ2v) is 7.45. The molecule has 1 aromatic heterocycles. The van der Waals surface area contributed by atoms with Gasteiger partial charge in [0.05, 0.1) is 17.1 Å². The minimum atomic E-state index is 0.314. The first kappa shape index (κ1) is 14.2. The summed E-state index contributed by atoms with van der Waals surface area (Å²) in [4.78, 5) is 5.02. The van der Waals surface area contributed by atoms with Gasteiger partial charge in [-0.15, -0.1) is 0 Å². The molecule has 0 radical (unpaired) electrons. The van der Waals surface area contributed by atoms with Crippen LogP contribution in [-0.2, 0) is 13.0 Å². The highest BCUT2D eigenvalue weighted by molar-refractivity contribution is 9.13. The average Bonchev–Trinajstić information content (AvgIpc) is 2.92. The van der Waals surface area contributed by atoms with Crippen LogP contribution in [0.15, 0.2) is 8.95 Å². The maximum absolute atomic E-state index is 5.02. The Balaban J connectivity index is 1.98. The van der Waals surface area contributed by atoms with E-state index in [1.54, 1.807) is 0 Å². The summed E-state index contributed by atoms with van der Waals surface area (Å²) in [5, 5.41) is 7.06. The van der Waals surface area contributed by atoms with E-state index in [4.69, 9.17) is 4.98 Å². The van der Waals surface area contributed by atoms with Crippen molar-refractivity contribution in [2.45, 2.75) is 32.4 Å². The number of aryl methyl sites for hydroxylation is 3. The van der Waals surface area contributed by atoms with Crippen molar-refractivity contribution < 1.29 is 0 Å². The SMILES string of the molecule is Cc1c(Br)c(Br)c2c3c1nc(C1CNCCN1)n3CCC2. The fraction of sp³-hybridized carbons (Fsp3) is 0.533. The maximum atomic E-state index is 5.02. The van der Waals surface area contributed by atoms with Crippen molar-refractivity contribution in [1.82, 2.24) is 20.2 Å². The molecule has 4 nitrogen and oxygen atoms in total. The quantitative estimate of drug-likeness (QED) is 0.754. The molecule has 1 fully saturated rings. The number of halogens is 2. The topological polar surface area (TPSA) is 41.9 Å². The molecule has 0 bridgehead atoms. The van der Waals surface area contributed by atoms with Crippen LogP contribution in [0, 0.1) is 6.92 Å². The Hall–Kier alpha value is -0.430. The number of nitrogens with zero attached hydrogens (tertiary/aromatic N) is 2. The zero-order chi connectivity index (χ0) is 14.6. The number of imidazole rings is 1.